The van der Waals surface area contributed by atoms with Crippen molar-refractivity contribution in [3.05, 3.63) is 18.3 Å². The number of hydrogen-bond acceptors (Lipinski definition) is 4. The van der Waals surface area contributed by atoms with E-state index in [4.69, 9.17) is 5.73 Å². The zero-order valence-corrected chi connectivity index (χ0v) is 11.5. The smallest absolute Gasteiger partial charge is 0.0672 e. The van der Waals surface area contributed by atoms with Crippen molar-refractivity contribution in [1.82, 2.24) is 15.1 Å². The first-order valence-electron chi connectivity index (χ1n) is 6.75. The van der Waals surface area contributed by atoms with Gasteiger partial charge < -0.3 is 16.0 Å². The Bertz CT molecular complexity index is 583. The molecule has 5 nitrogen and oxygen atoms in total. The maximum Gasteiger partial charge on any atom is 0.0672 e. The van der Waals surface area contributed by atoms with Gasteiger partial charge in [0.2, 0.25) is 0 Å². The maximum absolute atomic E-state index is 6.09. The van der Waals surface area contributed by atoms with Crippen LogP contribution in [-0.4, -0.2) is 41.3 Å². The molecule has 1 aliphatic carbocycles. The summed E-state index contributed by atoms with van der Waals surface area (Å²) in [7, 11) is 4.31. The fourth-order valence-electron chi connectivity index (χ4n) is 2.79. The Hall–Kier alpha value is -1.75. The van der Waals surface area contributed by atoms with E-state index in [9.17, 15) is 0 Å². The van der Waals surface area contributed by atoms with Crippen molar-refractivity contribution in [2.45, 2.75) is 24.8 Å². The van der Waals surface area contributed by atoms with E-state index in [0.29, 0.717) is 0 Å². The number of H-pyrrole nitrogens is 1. The molecule has 0 spiro atoms. The van der Waals surface area contributed by atoms with Gasteiger partial charge >= 0.3 is 0 Å². The molecule has 5 heteroatoms. The number of benzene rings is 1. The van der Waals surface area contributed by atoms with Crippen LogP contribution in [0.15, 0.2) is 18.3 Å². The summed E-state index contributed by atoms with van der Waals surface area (Å²) in [5.41, 5.74) is 9.17. The standard InChI is InChI=1S/C14H21N5/c1-19(2)14(4-3-5-14)9-16-13-7-12-10(6-11(13)15)8-17-18-12/h6-8,16H,3-5,9,15H2,1-2H3,(H,17,18). The van der Waals surface area contributed by atoms with Gasteiger partial charge in [-0.15, -0.1) is 0 Å². The van der Waals surface area contributed by atoms with Crippen molar-refractivity contribution < 1.29 is 0 Å². The van der Waals surface area contributed by atoms with Gasteiger partial charge in [0.15, 0.2) is 0 Å². The summed E-state index contributed by atoms with van der Waals surface area (Å²) in [6.45, 7) is 0.934. The van der Waals surface area contributed by atoms with Crippen LogP contribution in [-0.2, 0) is 0 Å². The summed E-state index contributed by atoms with van der Waals surface area (Å²) in [6, 6.07) is 4.00. The molecular formula is C14H21N5. The Kier molecular flexibility index (Phi) is 2.86. The molecule has 2 aromatic rings. The van der Waals surface area contributed by atoms with E-state index in [1.54, 1.807) is 6.20 Å². The minimum atomic E-state index is 0.287. The van der Waals surface area contributed by atoms with Gasteiger partial charge in [-0.2, -0.15) is 5.10 Å². The number of likely N-dealkylation sites (N-methyl/N-ethyl adjacent to an activating group) is 1. The average molecular weight is 259 g/mol. The lowest BCUT2D eigenvalue weighted by molar-refractivity contribution is 0.0739. The van der Waals surface area contributed by atoms with E-state index in [0.717, 1.165) is 28.8 Å². The predicted molar refractivity (Wildman–Crippen MR) is 79.3 cm³/mol. The van der Waals surface area contributed by atoms with Crippen LogP contribution in [0.3, 0.4) is 0 Å². The van der Waals surface area contributed by atoms with E-state index in [2.05, 4.69) is 34.5 Å². The highest BCUT2D eigenvalue weighted by atomic mass is 15.2. The zero-order chi connectivity index (χ0) is 13.5. The largest absolute Gasteiger partial charge is 0.397 e. The molecule has 0 aliphatic heterocycles. The normalized spacial score (nSPS) is 17.6. The molecule has 1 aliphatic rings. The number of rotatable bonds is 4. The van der Waals surface area contributed by atoms with Crippen LogP contribution < -0.4 is 11.1 Å². The van der Waals surface area contributed by atoms with Gasteiger partial charge in [0, 0.05) is 17.5 Å². The summed E-state index contributed by atoms with van der Waals surface area (Å²) in [5, 5.41) is 11.6. The minimum Gasteiger partial charge on any atom is -0.397 e. The number of nitrogen functional groups attached to an aromatic ring is 1. The van der Waals surface area contributed by atoms with Gasteiger partial charge in [-0.25, -0.2) is 0 Å². The molecule has 1 fully saturated rings. The number of nitrogens with one attached hydrogen (secondary N) is 2. The van der Waals surface area contributed by atoms with Gasteiger partial charge in [-0.1, -0.05) is 0 Å². The number of hydrogen-bond donors (Lipinski definition) is 3. The Morgan fingerprint density at radius 1 is 1.42 bits per heavy atom. The lowest BCUT2D eigenvalue weighted by Gasteiger charge is -2.47. The van der Waals surface area contributed by atoms with Gasteiger partial charge in [0.25, 0.3) is 0 Å². The SMILES string of the molecule is CN(C)C1(CNc2cc3[nH]ncc3cc2N)CCC1. The van der Waals surface area contributed by atoms with Crippen molar-refractivity contribution in [2.75, 3.05) is 31.7 Å². The third kappa shape index (κ3) is 2.04. The Balaban J connectivity index is 1.79. The first-order chi connectivity index (χ1) is 9.11. The minimum absolute atomic E-state index is 0.287. The molecule has 102 valence electrons. The molecule has 3 rings (SSSR count). The molecule has 4 N–H and O–H groups in total. The molecule has 19 heavy (non-hydrogen) atoms. The van der Waals surface area contributed by atoms with Crippen molar-refractivity contribution in [1.29, 1.82) is 0 Å². The van der Waals surface area contributed by atoms with E-state index in [1.807, 2.05) is 12.1 Å². The van der Waals surface area contributed by atoms with Crippen LogP contribution >= 0.6 is 0 Å². The molecule has 0 atom stereocenters. The van der Waals surface area contributed by atoms with Crippen molar-refractivity contribution in [3.8, 4) is 0 Å². The molecule has 0 radical (unpaired) electrons. The van der Waals surface area contributed by atoms with Gasteiger partial charge in [-0.3, -0.25) is 5.10 Å². The highest BCUT2D eigenvalue weighted by Crippen LogP contribution is 2.37. The monoisotopic (exact) mass is 259 g/mol. The first kappa shape index (κ1) is 12.3. The quantitative estimate of drug-likeness (QED) is 0.735. The van der Waals surface area contributed by atoms with Crippen LogP contribution in [0, 0.1) is 0 Å². The average Bonchev–Trinajstić information content (AvgIpc) is 2.74. The molecule has 0 saturated heterocycles. The first-order valence-corrected chi connectivity index (χ1v) is 6.75. The second kappa shape index (κ2) is 4.42. The second-order valence-electron chi connectivity index (χ2n) is 5.72. The number of fused-ring (bicyclic) bond motifs is 1. The molecule has 0 unspecified atom stereocenters. The fourth-order valence-corrected chi connectivity index (χ4v) is 2.79. The fraction of sp³-hybridized carbons (Fsp3) is 0.500. The molecule has 0 bridgehead atoms. The third-order valence-electron chi connectivity index (χ3n) is 4.45. The predicted octanol–water partition coefficient (Wildman–Crippen LogP) is 2.04. The molecule has 1 aromatic carbocycles. The maximum atomic E-state index is 6.09. The van der Waals surface area contributed by atoms with Gasteiger partial charge in [-0.05, 0) is 45.5 Å². The van der Waals surface area contributed by atoms with Crippen molar-refractivity contribution in [3.63, 3.8) is 0 Å². The van der Waals surface area contributed by atoms with Crippen LogP contribution in [0.2, 0.25) is 0 Å². The Morgan fingerprint density at radius 2 is 2.21 bits per heavy atom. The number of aromatic amines is 1. The lowest BCUT2D eigenvalue weighted by atomic mass is 9.75. The molecule has 0 amide bonds. The highest BCUT2D eigenvalue weighted by molar-refractivity contribution is 5.88. The topological polar surface area (TPSA) is 70.0 Å². The molecule has 1 aromatic heterocycles. The van der Waals surface area contributed by atoms with Crippen LogP contribution in [0.4, 0.5) is 11.4 Å². The van der Waals surface area contributed by atoms with E-state index < -0.39 is 0 Å². The molecule has 1 heterocycles. The summed E-state index contributed by atoms with van der Waals surface area (Å²) in [5.74, 6) is 0. The van der Waals surface area contributed by atoms with Gasteiger partial charge in [0.1, 0.15) is 0 Å². The highest BCUT2D eigenvalue weighted by Gasteiger charge is 2.38. The van der Waals surface area contributed by atoms with Crippen LogP contribution in [0.1, 0.15) is 19.3 Å². The van der Waals surface area contributed by atoms with Gasteiger partial charge in [0.05, 0.1) is 23.1 Å². The Morgan fingerprint density at radius 3 is 2.84 bits per heavy atom. The summed E-state index contributed by atoms with van der Waals surface area (Å²) in [4.78, 5) is 2.33. The zero-order valence-electron chi connectivity index (χ0n) is 11.5. The number of aromatic nitrogens is 2. The molecule has 1 saturated carbocycles. The van der Waals surface area contributed by atoms with E-state index in [1.165, 1.54) is 19.3 Å². The van der Waals surface area contributed by atoms with Crippen molar-refractivity contribution in [2.24, 2.45) is 0 Å². The second-order valence-corrected chi connectivity index (χ2v) is 5.72. The number of anilines is 2. The number of nitrogens with zero attached hydrogens (tertiary/aromatic N) is 2. The summed E-state index contributed by atoms with van der Waals surface area (Å²) < 4.78 is 0. The van der Waals surface area contributed by atoms with Crippen LogP contribution in [0.25, 0.3) is 10.9 Å². The lowest BCUT2D eigenvalue weighted by Crippen LogP contribution is -2.54. The van der Waals surface area contributed by atoms with Crippen molar-refractivity contribution >= 4 is 22.3 Å². The van der Waals surface area contributed by atoms with E-state index in [-0.39, 0.29) is 5.54 Å². The Labute approximate surface area is 113 Å². The third-order valence-corrected chi connectivity index (χ3v) is 4.45. The molecular weight excluding hydrogens is 238 g/mol. The van der Waals surface area contributed by atoms with E-state index >= 15 is 0 Å². The van der Waals surface area contributed by atoms with Crippen LogP contribution in [0.5, 0.6) is 0 Å². The number of nitrogens with two attached hydrogens (primary N) is 1. The summed E-state index contributed by atoms with van der Waals surface area (Å²) >= 11 is 0. The summed E-state index contributed by atoms with van der Waals surface area (Å²) in [6.07, 6.45) is 5.61.